The van der Waals surface area contributed by atoms with Crippen molar-refractivity contribution in [3.05, 3.63) is 86.3 Å². The first kappa shape index (κ1) is 18.5. The van der Waals surface area contributed by atoms with Gasteiger partial charge in [-0.25, -0.2) is 9.97 Å². The minimum atomic E-state index is -0.863. The first-order chi connectivity index (χ1) is 13.5. The molecule has 0 aliphatic carbocycles. The third kappa shape index (κ3) is 3.48. The number of aryl methyl sites for hydroxylation is 1. The summed E-state index contributed by atoms with van der Waals surface area (Å²) in [5, 5.41) is 5.52. The van der Waals surface area contributed by atoms with Crippen molar-refractivity contribution >= 4 is 49.2 Å². The molecule has 8 heteroatoms. The Morgan fingerprint density at radius 3 is 2.71 bits per heavy atom. The fourth-order valence-electron chi connectivity index (χ4n) is 3.10. The van der Waals surface area contributed by atoms with Gasteiger partial charge in [0.2, 0.25) is 0 Å². The van der Waals surface area contributed by atoms with Gasteiger partial charge < -0.3 is 0 Å². The van der Waals surface area contributed by atoms with Gasteiger partial charge in [-0.2, -0.15) is 0 Å². The topological polar surface area (TPSA) is 76.9 Å². The van der Waals surface area contributed by atoms with E-state index in [9.17, 15) is 9.59 Å². The lowest BCUT2D eigenvalue weighted by atomic mass is 10.1. The van der Waals surface area contributed by atoms with Crippen LogP contribution in [-0.2, 0) is 4.79 Å². The Bertz CT molecular complexity index is 1210. The summed E-state index contributed by atoms with van der Waals surface area (Å²) in [4.78, 5) is 35.1. The molecule has 0 fully saturated rings. The van der Waals surface area contributed by atoms with Crippen molar-refractivity contribution in [2.75, 3.05) is 5.32 Å². The van der Waals surface area contributed by atoms with E-state index in [0.29, 0.717) is 27.4 Å². The summed E-state index contributed by atoms with van der Waals surface area (Å²) < 4.78 is 2.28. The van der Waals surface area contributed by atoms with E-state index in [1.54, 1.807) is 36.7 Å². The molecule has 2 aromatic heterocycles. The Morgan fingerprint density at radius 2 is 2.00 bits per heavy atom. The molecule has 1 N–H and O–H groups in total. The molecule has 6 nitrogen and oxygen atoms in total. The van der Waals surface area contributed by atoms with Crippen LogP contribution in [0.25, 0.3) is 10.9 Å². The number of rotatable bonds is 4. The molecule has 0 spiro atoms. The molecule has 140 valence electrons. The zero-order valence-electron chi connectivity index (χ0n) is 14.8. The summed E-state index contributed by atoms with van der Waals surface area (Å²) in [7, 11) is 0. The zero-order chi connectivity index (χ0) is 19.7. The first-order valence-corrected chi connectivity index (χ1v) is 10.2. The molecule has 4 rings (SSSR count). The lowest BCUT2D eigenvalue weighted by molar-refractivity contribution is -0.118. The molecule has 1 amide bonds. The molecule has 0 saturated heterocycles. The molecule has 0 saturated carbocycles. The van der Waals surface area contributed by atoms with Crippen LogP contribution in [0, 0.1) is 6.92 Å². The lowest BCUT2D eigenvalue weighted by Gasteiger charge is -2.21. The zero-order valence-corrected chi connectivity index (χ0v) is 17.2. The minimum Gasteiger partial charge on any atom is -0.300 e. The molecule has 0 radical (unpaired) electrons. The number of thiazole rings is 1. The van der Waals surface area contributed by atoms with Crippen LogP contribution in [0.1, 0.15) is 17.4 Å². The highest BCUT2D eigenvalue weighted by Crippen LogP contribution is 2.23. The van der Waals surface area contributed by atoms with Crippen LogP contribution in [-0.4, -0.2) is 20.4 Å². The van der Waals surface area contributed by atoms with Crippen LogP contribution < -0.4 is 10.9 Å². The van der Waals surface area contributed by atoms with Crippen LogP contribution in [0.15, 0.2) is 69.4 Å². The highest BCUT2D eigenvalue weighted by Gasteiger charge is 2.27. The van der Waals surface area contributed by atoms with Crippen molar-refractivity contribution in [1.29, 1.82) is 0 Å². The molecule has 2 heterocycles. The van der Waals surface area contributed by atoms with Crippen LogP contribution >= 0.6 is 27.3 Å². The van der Waals surface area contributed by atoms with Gasteiger partial charge in [-0.1, -0.05) is 46.3 Å². The smallest absolute Gasteiger partial charge is 0.262 e. The fourth-order valence-corrected chi connectivity index (χ4v) is 3.98. The van der Waals surface area contributed by atoms with Crippen LogP contribution in [0.2, 0.25) is 0 Å². The summed E-state index contributed by atoms with van der Waals surface area (Å²) >= 11 is 4.72. The number of hydrogen-bond donors (Lipinski definition) is 1. The highest BCUT2D eigenvalue weighted by atomic mass is 79.9. The maximum Gasteiger partial charge on any atom is 0.262 e. The van der Waals surface area contributed by atoms with Gasteiger partial charge >= 0.3 is 0 Å². The van der Waals surface area contributed by atoms with Crippen LogP contribution in [0.5, 0.6) is 0 Å². The molecule has 4 aromatic rings. The van der Waals surface area contributed by atoms with Crippen molar-refractivity contribution in [3.63, 3.8) is 0 Å². The number of carbonyl (C=O) groups excluding carboxylic acids is 1. The van der Waals surface area contributed by atoms with Gasteiger partial charge in [0.05, 0.1) is 10.9 Å². The number of aromatic nitrogens is 3. The number of carbonyl (C=O) groups is 1. The number of benzene rings is 2. The Morgan fingerprint density at radius 1 is 1.21 bits per heavy atom. The number of amides is 1. The Hall–Kier alpha value is -2.84. The molecule has 1 atom stereocenters. The number of nitrogens with zero attached hydrogens (tertiary/aromatic N) is 3. The SMILES string of the molecule is Cc1nc2cc(Br)ccc2c(=O)n1C(C(=O)Nc1nccs1)c1ccccc1. The summed E-state index contributed by atoms with van der Waals surface area (Å²) in [5.41, 5.74) is 1.01. The van der Waals surface area contributed by atoms with Crippen molar-refractivity contribution in [2.24, 2.45) is 0 Å². The number of hydrogen-bond acceptors (Lipinski definition) is 5. The number of fused-ring (bicyclic) bond motifs is 1. The lowest BCUT2D eigenvalue weighted by Crippen LogP contribution is -2.36. The van der Waals surface area contributed by atoms with Gasteiger partial charge in [-0.3, -0.25) is 19.5 Å². The molecule has 0 aliphatic heterocycles. The van der Waals surface area contributed by atoms with Gasteiger partial charge in [0.15, 0.2) is 5.13 Å². The van der Waals surface area contributed by atoms with E-state index in [4.69, 9.17) is 0 Å². The molecular formula is C20H15BrN4O2S. The fraction of sp³-hybridized carbons (Fsp3) is 0.100. The van der Waals surface area contributed by atoms with Crippen molar-refractivity contribution < 1.29 is 4.79 Å². The predicted octanol–water partition coefficient (Wildman–Crippen LogP) is 4.15. The second-order valence-corrected chi connectivity index (χ2v) is 7.95. The van der Waals surface area contributed by atoms with E-state index in [1.165, 1.54) is 15.9 Å². The average Bonchev–Trinajstić information content (AvgIpc) is 3.18. The average molecular weight is 455 g/mol. The van der Waals surface area contributed by atoms with E-state index >= 15 is 0 Å². The first-order valence-electron chi connectivity index (χ1n) is 8.48. The van der Waals surface area contributed by atoms with E-state index < -0.39 is 6.04 Å². The van der Waals surface area contributed by atoms with Crippen molar-refractivity contribution in [2.45, 2.75) is 13.0 Å². The normalized spacial score (nSPS) is 12.1. The molecule has 28 heavy (non-hydrogen) atoms. The third-order valence-corrected chi connectivity index (χ3v) is 5.51. The number of anilines is 1. The van der Waals surface area contributed by atoms with Gasteiger partial charge in [-0.05, 0) is 30.7 Å². The third-order valence-electron chi connectivity index (χ3n) is 4.32. The van der Waals surface area contributed by atoms with Crippen molar-refractivity contribution in [3.8, 4) is 0 Å². The predicted molar refractivity (Wildman–Crippen MR) is 114 cm³/mol. The maximum absolute atomic E-state index is 13.3. The molecule has 0 bridgehead atoms. The second kappa shape index (κ2) is 7.65. The van der Waals surface area contributed by atoms with E-state index in [-0.39, 0.29) is 11.5 Å². The summed E-state index contributed by atoms with van der Waals surface area (Å²) in [5.74, 6) is 0.114. The number of nitrogens with one attached hydrogen (secondary N) is 1. The molecule has 2 aromatic carbocycles. The highest BCUT2D eigenvalue weighted by molar-refractivity contribution is 9.10. The Labute approximate surface area is 173 Å². The molecular weight excluding hydrogens is 440 g/mol. The molecule has 1 unspecified atom stereocenters. The van der Waals surface area contributed by atoms with Crippen LogP contribution in [0.4, 0.5) is 5.13 Å². The van der Waals surface area contributed by atoms with E-state index in [0.717, 1.165) is 4.47 Å². The second-order valence-electron chi connectivity index (χ2n) is 6.14. The molecule has 0 aliphatic rings. The van der Waals surface area contributed by atoms with E-state index in [1.807, 2.05) is 30.3 Å². The van der Waals surface area contributed by atoms with Gasteiger partial charge in [0, 0.05) is 16.0 Å². The van der Waals surface area contributed by atoms with E-state index in [2.05, 4.69) is 31.2 Å². The summed E-state index contributed by atoms with van der Waals surface area (Å²) in [6.45, 7) is 1.73. The quantitative estimate of drug-likeness (QED) is 0.502. The summed E-state index contributed by atoms with van der Waals surface area (Å²) in [6, 6.07) is 13.6. The maximum atomic E-state index is 13.3. The standard InChI is InChI=1S/C20H15BrN4O2S/c1-12-23-16-11-14(21)7-8-15(16)19(27)25(12)17(13-5-3-2-4-6-13)18(26)24-20-22-9-10-28-20/h2-11,17H,1H3,(H,22,24,26). The Kier molecular flexibility index (Phi) is 5.06. The van der Waals surface area contributed by atoms with Gasteiger partial charge in [-0.15, -0.1) is 11.3 Å². The monoisotopic (exact) mass is 454 g/mol. The van der Waals surface area contributed by atoms with Gasteiger partial charge in [0.1, 0.15) is 11.9 Å². The largest absolute Gasteiger partial charge is 0.300 e. The van der Waals surface area contributed by atoms with Gasteiger partial charge in [0.25, 0.3) is 11.5 Å². The summed E-state index contributed by atoms with van der Waals surface area (Å²) in [6.07, 6.45) is 1.62. The Balaban J connectivity index is 1.90. The number of halogens is 1. The van der Waals surface area contributed by atoms with Crippen molar-refractivity contribution in [1.82, 2.24) is 14.5 Å². The van der Waals surface area contributed by atoms with Crippen LogP contribution in [0.3, 0.4) is 0 Å². The minimum absolute atomic E-state index is 0.266.